The van der Waals surface area contributed by atoms with Crippen LogP contribution in [0.1, 0.15) is 21.6 Å². The Morgan fingerprint density at radius 2 is 1.85 bits per heavy atom. The number of anilines is 1. The molecule has 0 radical (unpaired) electrons. The molecule has 0 aliphatic heterocycles. The zero-order valence-electron chi connectivity index (χ0n) is 14.7. The Morgan fingerprint density at radius 3 is 2.52 bits per heavy atom. The second kappa shape index (κ2) is 7.28. The Labute approximate surface area is 154 Å². The van der Waals surface area contributed by atoms with Gasteiger partial charge in [0.2, 0.25) is 0 Å². The number of nitrogens with one attached hydrogen (secondary N) is 2. The van der Waals surface area contributed by atoms with E-state index in [4.69, 9.17) is 4.74 Å². The van der Waals surface area contributed by atoms with Gasteiger partial charge in [-0.1, -0.05) is 0 Å². The molecule has 0 saturated heterocycles. The summed E-state index contributed by atoms with van der Waals surface area (Å²) in [5, 5.41) is 14.1. The molecule has 8 nitrogen and oxygen atoms in total. The molecular weight excluding hydrogens is 350 g/mol. The van der Waals surface area contributed by atoms with Crippen molar-refractivity contribution in [1.29, 1.82) is 0 Å². The summed E-state index contributed by atoms with van der Waals surface area (Å²) in [5.41, 5.74) is 3.66. The third-order valence-electron chi connectivity index (χ3n) is 4.24. The first-order valence-electron chi connectivity index (χ1n) is 8.15. The molecular formula is C19H17N3O5. The zero-order valence-corrected chi connectivity index (χ0v) is 14.7. The summed E-state index contributed by atoms with van der Waals surface area (Å²) in [7, 11) is 0. The number of hydrogen-bond acceptors (Lipinski definition) is 5. The van der Waals surface area contributed by atoms with E-state index >= 15 is 0 Å². The third kappa shape index (κ3) is 3.95. The van der Waals surface area contributed by atoms with Crippen LogP contribution in [0.15, 0.2) is 42.5 Å². The molecule has 3 aromatic rings. The normalized spacial score (nSPS) is 10.6. The lowest BCUT2D eigenvalue weighted by atomic mass is 10.1. The van der Waals surface area contributed by atoms with Crippen LogP contribution in [-0.2, 0) is 9.53 Å². The molecule has 2 aromatic carbocycles. The van der Waals surface area contributed by atoms with Crippen molar-refractivity contribution >= 4 is 34.2 Å². The molecule has 27 heavy (non-hydrogen) atoms. The maximum Gasteiger partial charge on any atom is 0.338 e. The number of non-ortho nitro benzene ring substituents is 1. The Kier molecular flexibility index (Phi) is 4.89. The number of nitro groups is 1. The lowest BCUT2D eigenvalue weighted by Gasteiger charge is -2.07. The number of amides is 1. The van der Waals surface area contributed by atoms with Gasteiger partial charge >= 0.3 is 5.97 Å². The molecule has 138 valence electrons. The third-order valence-corrected chi connectivity index (χ3v) is 4.24. The van der Waals surface area contributed by atoms with Gasteiger partial charge in [-0.25, -0.2) is 4.79 Å². The fraction of sp³-hybridized carbons (Fsp3) is 0.158. The maximum absolute atomic E-state index is 12.2. The number of carbonyl (C=O) groups excluding carboxylic acids is 2. The number of nitro benzene ring substituents is 1. The Hall–Kier alpha value is -3.68. The molecule has 0 bridgehead atoms. The number of ether oxygens (including phenoxy) is 1. The topological polar surface area (TPSA) is 114 Å². The van der Waals surface area contributed by atoms with E-state index in [1.807, 2.05) is 13.8 Å². The van der Waals surface area contributed by atoms with Gasteiger partial charge in [-0.3, -0.25) is 14.9 Å². The smallest absolute Gasteiger partial charge is 0.338 e. The van der Waals surface area contributed by atoms with E-state index in [0.717, 1.165) is 22.2 Å². The van der Waals surface area contributed by atoms with Gasteiger partial charge in [-0.15, -0.1) is 0 Å². The number of hydrogen-bond donors (Lipinski definition) is 2. The Bertz CT molecular complexity index is 1040. The van der Waals surface area contributed by atoms with Crippen LogP contribution in [-0.4, -0.2) is 28.4 Å². The number of aromatic amines is 1. The summed E-state index contributed by atoms with van der Waals surface area (Å²) in [6, 6.07) is 10.5. The number of carbonyl (C=O) groups is 2. The fourth-order valence-corrected chi connectivity index (χ4v) is 2.67. The molecule has 0 fully saturated rings. The number of fused-ring (bicyclic) bond motifs is 1. The van der Waals surface area contributed by atoms with Gasteiger partial charge in [0.05, 0.1) is 10.5 Å². The number of nitrogens with zero attached hydrogens (tertiary/aromatic N) is 1. The highest BCUT2D eigenvalue weighted by Crippen LogP contribution is 2.22. The SMILES string of the molecule is Cc1[nH]c2ccc(C(=O)OCC(=O)Nc3ccc([N+](=O)[O-])cc3)cc2c1C. The standard InChI is InChI=1S/C19H17N3O5/c1-11-12(2)20-17-8-3-13(9-16(11)17)19(24)27-10-18(23)21-14-4-6-15(7-5-14)22(25)26/h3-9,20H,10H2,1-2H3,(H,21,23). The summed E-state index contributed by atoms with van der Waals surface area (Å²) in [6.07, 6.45) is 0. The van der Waals surface area contributed by atoms with Crippen LogP contribution >= 0.6 is 0 Å². The van der Waals surface area contributed by atoms with Crippen molar-refractivity contribution in [3.63, 3.8) is 0 Å². The van der Waals surface area contributed by atoms with Crippen LogP contribution in [0.5, 0.6) is 0 Å². The molecule has 0 spiro atoms. The summed E-state index contributed by atoms with van der Waals surface area (Å²) in [4.78, 5) is 37.4. The van der Waals surface area contributed by atoms with Crippen molar-refractivity contribution in [1.82, 2.24) is 4.98 Å². The molecule has 0 unspecified atom stereocenters. The molecule has 0 aliphatic carbocycles. The van der Waals surface area contributed by atoms with E-state index in [1.54, 1.807) is 18.2 Å². The van der Waals surface area contributed by atoms with Gasteiger partial charge < -0.3 is 15.0 Å². The second-order valence-corrected chi connectivity index (χ2v) is 6.06. The lowest BCUT2D eigenvalue weighted by molar-refractivity contribution is -0.384. The van der Waals surface area contributed by atoms with Gasteiger partial charge in [0.1, 0.15) is 0 Å². The predicted molar refractivity (Wildman–Crippen MR) is 99.8 cm³/mol. The maximum atomic E-state index is 12.2. The highest BCUT2D eigenvalue weighted by atomic mass is 16.6. The number of esters is 1. The monoisotopic (exact) mass is 367 g/mol. The minimum Gasteiger partial charge on any atom is -0.452 e. The molecule has 1 aromatic heterocycles. The van der Waals surface area contributed by atoms with E-state index in [0.29, 0.717) is 11.3 Å². The largest absolute Gasteiger partial charge is 0.452 e. The van der Waals surface area contributed by atoms with Gasteiger partial charge in [-0.05, 0) is 49.7 Å². The molecule has 1 heterocycles. The van der Waals surface area contributed by atoms with E-state index < -0.39 is 23.4 Å². The van der Waals surface area contributed by atoms with Crippen molar-refractivity contribution in [3.05, 3.63) is 69.4 Å². The van der Waals surface area contributed by atoms with Gasteiger partial charge in [0, 0.05) is 34.4 Å². The van der Waals surface area contributed by atoms with E-state index in [-0.39, 0.29) is 5.69 Å². The summed E-state index contributed by atoms with van der Waals surface area (Å²) >= 11 is 0. The predicted octanol–water partition coefficient (Wildman–Crippen LogP) is 3.49. The van der Waals surface area contributed by atoms with Crippen LogP contribution in [0.3, 0.4) is 0 Å². The first kappa shape index (κ1) is 18.1. The van der Waals surface area contributed by atoms with Gasteiger partial charge in [0.25, 0.3) is 11.6 Å². The quantitative estimate of drug-likeness (QED) is 0.407. The van der Waals surface area contributed by atoms with Crippen LogP contribution in [0, 0.1) is 24.0 Å². The minimum atomic E-state index is -0.603. The molecule has 0 aliphatic rings. The summed E-state index contributed by atoms with van der Waals surface area (Å²) in [5.74, 6) is -1.14. The first-order valence-corrected chi connectivity index (χ1v) is 8.15. The van der Waals surface area contributed by atoms with Crippen LogP contribution in [0.2, 0.25) is 0 Å². The van der Waals surface area contributed by atoms with Crippen molar-refractivity contribution in [2.24, 2.45) is 0 Å². The number of benzene rings is 2. The number of H-pyrrole nitrogens is 1. The number of aryl methyl sites for hydroxylation is 2. The van der Waals surface area contributed by atoms with Gasteiger partial charge in [-0.2, -0.15) is 0 Å². The van der Waals surface area contributed by atoms with Gasteiger partial charge in [0.15, 0.2) is 6.61 Å². The average molecular weight is 367 g/mol. The minimum absolute atomic E-state index is 0.0786. The molecule has 0 saturated carbocycles. The molecule has 1 amide bonds. The summed E-state index contributed by atoms with van der Waals surface area (Å²) in [6.45, 7) is 3.45. The van der Waals surface area contributed by atoms with E-state index in [1.165, 1.54) is 24.3 Å². The average Bonchev–Trinajstić information content (AvgIpc) is 2.94. The van der Waals surface area contributed by atoms with Crippen molar-refractivity contribution < 1.29 is 19.2 Å². The van der Waals surface area contributed by atoms with Crippen molar-refractivity contribution in [2.45, 2.75) is 13.8 Å². The molecule has 8 heteroatoms. The Morgan fingerprint density at radius 1 is 1.15 bits per heavy atom. The van der Waals surface area contributed by atoms with Crippen LogP contribution in [0.4, 0.5) is 11.4 Å². The fourth-order valence-electron chi connectivity index (χ4n) is 2.67. The number of aromatic nitrogens is 1. The second-order valence-electron chi connectivity index (χ2n) is 6.06. The van der Waals surface area contributed by atoms with Crippen LogP contribution < -0.4 is 5.32 Å². The molecule has 3 rings (SSSR count). The highest BCUT2D eigenvalue weighted by molar-refractivity contribution is 5.98. The summed E-state index contributed by atoms with van der Waals surface area (Å²) < 4.78 is 5.05. The Balaban J connectivity index is 1.60. The zero-order chi connectivity index (χ0) is 19.6. The van der Waals surface area contributed by atoms with Crippen molar-refractivity contribution in [2.75, 3.05) is 11.9 Å². The molecule has 2 N–H and O–H groups in total. The molecule has 0 atom stereocenters. The first-order chi connectivity index (χ1) is 12.8. The van der Waals surface area contributed by atoms with Crippen LogP contribution in [0.25, 0.3) is 10.9 Å². The van der Waals surface area contributed by atoms with Crippen molar-refractivity contribution in [3.8, 4) is 0 Å². The van der Waals surface area contributed by atoms with E-state index in [9.17, 15) is 19.7 Å². The highest BCUT2D eigenvalue weighted by Gasteiger charge is 2.13. The number of rotatable bonds is 5. The lowest BCUT2D eigenvalue weighted by Crippen LogP contribution is -2.20. The van der Waals surface area contributed by atoms with E-state index in [2.05, 4.69) is 10.3 Å².